The van der Waals surface area contributed by atoms with Crippen molar-refractivity contribution in [3.05, 3.63) is 71.8 Å². The van der Waals surface area contributed by atoms with E-state index >= 15 is 0 Å². The van der Waals surface area contributed by atoms with Gasteiger partial charge in [-0.2, -0.15) is 5.26 Å². The number of carboxylic acids is 1. The molecule has 0 aromatic heterocycles. The number of carbonyl (C=O) groups is 1. The number of hydrogen-bond acceptors (Lipinski definition) is 4. The second-order valence-electron chi connectivity index (χ2n) is 6.73. The molecule has 0 heterocycles. The van der Waals surface area contributed by atoms with Gasteiger partial charge in [-0.1, -0.05) is 48.5 Å². The van der Waals surface area contributed by atoms with Gasteiger partial charge in [0.1, 0.15) is 11.5 Å². The molecule has 0 spiro atoms. The van der Waals surface area contributed by atoms with Crippen molar-refractivity contribution >= 4 is 16.7 Å². The molecule has 3 rings (SSSR count). The summed E-state index contributed by atoms with van der Waals surface area (Å²) < 4.78 is 10.8. The summed E-state index contributed by atoms with van der Waals surface area (Å²) in [6.07, 6.45) is 0. The zero-order valence-corrected chi connectivity index (χ0v) is 16.0. The van der Waals surface area contributed by atoms with Crippen molar-refractivity contribution in [1.29, 1.82) is 5.26 Å². The first-order chi connectivity index (χ1) is 13.5. The van der Waals surface area contributed by atoms with Crippen LogP contribution in [0.25, 0.3) is 10.8 Å². The normalized spacial score (nSPS) is 13.9. The lowest BCUT2D eigenvalue weighted by Gasteiger charge is -2.31. The van der Waals surface area contributed by atoms with E-state index in [-0.39, 0.29) is 0 Å². The SMILES string of the molecule is COc1ccc(C(c2cccc3ccccc23)C(C)(C#N)C(=O)O)c(OC)c1. The van der Waals surface area contributed by atoms with Gasteiger partial charge in [-0.15, -0.1) is 0 Å². The Bertz CT molecular complexity index is 1060. The molecular formula is C23H21NO4. The summed E-state index contributed by atoms with van der Waals surface area (Å²) >= 11 is 0. The standard InChI is InChI=1S/C23H21NO4/c1-23(14-24,22(25)26)21(19-12-11-16(27-2)13-20(19)28-3)18-10-6-8-15-7-4-5-9-17(15)18/h4-13,21H,1-3H3,(H,25,26). The Labute approximate surface area is 163 Å². The zero-order valence-electron chi connectivity index (χ0n) is 16.0. The Morgan fingerprint density at radius 1 is 1.04 bits per heavy atom. The molecule has 5 nitrogen and oxygen atoms in total. The van der Waals surface area contributed by atoms with E-state index in [1.165, 1.54) is 14.0 Å². The van der Waals surface area contributed by atoms with Gasteiger partial charge in [-0.3, -0.25) is 4.79 Å². The molecule has 0 fully saturated rings. The fourth-order valence-electron chi connectivity index (χ4n) is 3.58. The number of nitrogens with zero attached hydrogens (tertiary/aromatic N) is 1. The van der Waals surface area contributed by atoms with Crippen molar-refractivity contribution in [2.45, 2.75) is 12.8 Å². The Morgan fingerprint density at radius 3 is 2.39 bits per heavy atom. The van der Waals surface area contributed by atoms with Gasteiger partial charge in [-0.05, 0) is 29.3 Å². The fourth-order valence-corrected chi connectivity index (χ4v) is 3.58. The quantitative estimate of drug-likeness (QED) is 0.681. The Morgan fingerprint density at radius 2 is 1.75 bits per heavy atom. The van der Waals surface area contributed by atoms with Gasteiger partial charge in [0.05, 0.1) is 20.3 Å². The molecule has 1 N–H and O–H groups in total. The predicted octanol–water partition coefficient (Wildman–Crippen LogP) is 4.60. The van der Waals surface area contributed by atoms with E-state index in [2.05, 4.69) is 0 Å². The third-order valence-electron chi connectivity index (χ3n) is 5.14. The number of benzene rings is 3. The topological polar surface area (TPSA) is 79.5 Å². The lowest BCUT2D eigenvalue weighted by molar-refractivity contribution is -0.145. The largest absolute Gasteiger partial charge is 0.497 e. The van der Waals surface area contributed by atoms with Crippen molar-refractivity contribution in [3.63, 3.8) is 0 Å². The monoisotopic (exact) mass is 375 g/mol. The molecule has 0 saturated heterocycles. The van der Waals surface area contributed by atoms with Crippen LogP contribution < -0.4 is 9.47 Å². The fraction of sp³-hybridized carbons (Fsp3) is 0.217. The molecule has 2 atom stereocenters. The maximum absolute atomic E-state index is 12.2. The minimum absolute atomic E-state index is 0.472. The molecule has 0 radical (unpaired) electrons. The zero-order chi connectivity index (χ0) is 20.3. The van der Waals surface area contributed by atoms with Gasteiger partial charge in [0.25, 0.3) is 0 Å². The van der Waals surface area contributed by atoms with E-state index in [0.29, 0.717) is 17.1 Å². The van der Waals surface area contributed by atoms with Crippen LogP contribution in [-0.2, 0) is 4.79 Å². The number of rotatable bonds is 6. The average molecular weight is 375 g/mol. The van der Waals surface area contributed by atoms with Gasteiger partial charge in [0.2, 0.25) is 0 Å². The highest BCUT2D eigenvalue weighted by molar-refractivity contribution is 5.89. The Balaban J connectivity index is 2.38. The van der Waals surface area contributed by atoms with Crippen molar-refractivity contribution in [3.8, 4) is 17.6 Å². The number of carboxylic acid groups (broad SMARTS) is 1. The number of ether oxygens (including phenoxy) is 2. The van der Waals surface area contributed by atoms with Gasteiger partial charge in [0.15, 0.2) is 5.41 Å². The second-order valence-corrected chi connectivity index (χ2v) is 6.73. The molecule has 3 aromatic carbocycles. The van der Waals surface area contributed by atoms with E-state index < -0.39 is 17.3 Å². The predicted molar refractivity (Wildman–Crippen MR) is 107 cm³/mol. The van der Waals surface area contributed by atoms with Crippen LogP contribution in [0, 0.1) is 16.7 Å². The van der Waals surface area contributed by atoms with Crippen LogP contribution >= 0.6 is 0 Å². The molecule has 142 valence electrons. The van der Waals surface area contributed by atoms with Crippen molar-refractivity contribution in [2.75, 3.05) is 14.2 Å². The van der Waals surface area contributed by atoms with E-state index in [9.17, 15) is 15.2 Å². The van der Waals surface area contributed by atoms with Crippen LogP contribution in [0.15, 0.2) is 60.7 Å². The van der Waals surface area contributed by atoms with E-state index in [1.807, 2.05) is 48.5 Å². The van der Waals surface area contributed by atoms with Crippen LogP contribution in [0.5, 0.6) is 11.5 Å². The van der Waals surface area contributed by atoms with Gasteiger partial charge >= 0.3 is 5.97 Å². The minimum atomic E-state index is -1.70. The number of aliphatic carboxylic acids is 1. The average Bonchev–Trinajstić information content (AvgIpc) is 2.73. The smallest absolute Gasteiger partial charge is 0.324 e. The molecule has 3 aromatic rings. The summed E-state index contributed by atoms with van der Waals surface area (Å²) in [5.41, 5.74) is -0.328. The molecule has 0 aliphatic heterocycles. The highest BCUT2D eigenvalue weighted by atomic mass is 16.5. The van der Waals surface area contributed by atoms with Gasteiger partial charge in [-0.25, -0.2) is 0 Å². The summed E-state index contributed by atoms with van der Waals surface area (Å²) in [6.45, 7) is 1.45. The molecule has 0 saturated carbocycles. The lowest BCUT2D eigenvalue weighted by Crippen LogP contribution is -2.34. The summed E-state index contributed by atoms with van der Waals surface area (Å²) in [6, 6.07) is 20.7. The maximum atomic E-state index is 12.2. The first-order valence-electron chi connectivity index (χ1n) is 8.80. The molecule has 2 unspecified atom stereocenters. The number of methoxy groups -OCH3 is 2. The minimum Gasteiger partial charge on any atom is -0.497 e. The van der Waals surface area contributed by atoms with Crippen molar-refractivity contribution in [2.24, 2.45) is 5.41 Å². The summed E-state index contributed by atoms with van der Waals surface area (Å²) in [5.74, 6) is -0.876. The summed E-state index contributed by atoms with van der Waals surface area (Å²) in [5, 5.41) is 21.7. The Kier molecular flexibility index (Phi) is 5.23. The highest BCUT2D eigenvalue weighted by Crippen LogP contribution is 2.47. The van der Waals surface area contributed by atoms with Gasteiger partial charge < -0.3 is 14.6 Å². The van der Waals surface area contributed by atoms with E-state index in [0.717, 1.165) is 16.3 Å². The lowest BCUT2D eigenvalue weighted by atomic mass is 9.69. The first kappa shape index (κ1) is 19.2. The van der Waals surface area contributed by atoms with Gasteiger partial charge in [0, 0.05) is 17.5 Å². The molecular weight excluding hydrogens is 354 g/mol. The summed E-state index contributed by atoms with van der Waals surface area (Å²) in [7, 11) is 3.07. The molecule has 0 bridgehead atoms. The molecule has 5 heteroatoms. The van der Waals surface area contributed by atoms with E-state index in [1.54, 1.807) is 25.3 Å². The highest BCUT2D eigenvalue weighted by Gasteiger charge is 2.45. The number of hydrogen-bond donors (Lipinski definition) is 1. The number of fused-ring (bicyclic) bond motifs is 1. The van der Waals surface area contributed by atoms with E-state index in [4.69, 9.17) is 9.47 Å². The van der Waals surface area contributed by atoms with Crippen LogP contribution in [-0.4, -0.2) is 25.3 Å². The first-order valence-corrected chi connectivity index (χ1v) is 8.80. The molecule has 0 amide bonds. The Hall–Kier alpha value is -3.52. The third kappa shape index (κ3) is 3.14. The number of nitriles is 1. The summed E-state index contributed by atoms with van der Waals surface area (Å²) in [4.78, 5) is 12.2. The third-order valence-corrected chi connectivity index (χ3v) is 5.14. The molecule has 0 aliphatic carbocycles. The second kappa shape index (κ2) is 7.61. The van der Waals surface area contributed by atoms with Crippen LogP contribution in [0.1, 0.15) is 24.0 Å². The van der Waals surface area contributed by atoms with Crippen LogP contribution in [0.3, 0.4) is 0 Å². The van der Waals surface area contributed by atoms with Crippen molar-refractivity contribution < 1.29 is 19.4 Å². The molecule has 28 heavy (non-hydrogen) atoms. The van der Waals surface area contributed by atoms with Crippen molar-refractivity contribution in [1.82, 2.24) is 0 Å². The van der Waals surface area contributed by atoms with Crippen LogP contribution in [0.2, 0.25) is 0 Å². The molecule has 0 aliphatic rings. The maximum Gasteiger partial charge on any atom is 0.324 e. The van der Waals surface area contributed by atoms with Crippen LogP contribution in [0.4, 0.5) is 0 Å².